The zero-order valence-corrected chi connectivity index (χ0v) is 12.8. The average Bonchev–Trinajstić information content (AvgIpc) is 2.36. The molecule has 0 aliphatic rings. The summed E-state index contributed by atoms with van der Waals surface area (Å²) < 4.78 is 0. The van der Waals surface area contributed by atoms with Crippen LogP contribution in [0.15, 0.2) is 42.5 Å². The first-order chi connectivity index (χ1) is 9.06. The maximum Gasteiger partial charge on any atom is 0.0443 e. The van der Waals surface area contributed by atoms with E-state index in [1.807, 2.05) is 18.2 Å². The Morgan fingerprint density at radius 1 is 0.895 bits per heavy atom. The molecule has 0 aliphatic carbocycles. The summed E-state index contributed by atoms with van der Waals surface area (Å²) in [5.74, 6) is 0.467. The van der Waals surface area contributed by atoms with Gasteiger partial charge in [-0.05, 0) is 53.6 Å². The van der Waals surface area contributed by atoms with Crippen molar-refractivity contribution in [1.82, 2.24) is 0 Å². The maximum absolute atomic E-state index is 6.31. The second-order valence-corrected chi connectivity index (χ2v) is 5.98. The highest BCUT2D eigenvalue weighted by Crippen LogP contribution is 2.25. The Kier molecular flexibility index (Phi) is 4.90. The second-order valence-electron chi connectivity index (χ2n) is 5.14. The molecule has 0 aromatic heterocycles. The summed E-state index contributed by atoms with van der Waals surface area (Å²) in [6.07, 6.45) is 1.97. The molecule has 0 nitrogen and oxygen atoms in total. The first-order valence-corrected chi connectivity index (χ1v) is 7.34. The van der Waals surface area contributed by atoms with E-state index < -0.39 is 0 Å². The molecule has 2 aromatic carbocycles. The predicted molar refractivity (Wildman–Crippen MR) is 84.4 cm³/mol. The van der Waals surface area contributed by atoms with Gasteiger partial charge >= 0.3 is 0 Å². The van der Waals surface area contributed by atoms with Crippen LogP contribution in [0.3, 0.4) is 0 Å². The Morgan fingerprint density at radius 3 is 2.16 bits per heavy atom. The minimum atomic E-state index is 0.467. The van der Waals surface area contributed by atoms with Crippen LogP contribution in [0, 0.1) is 0 Å². The lowest BCUT2D eigenvalue weighted by Gasteiger charge is -2.10. The lowest BCUT2D eigenvalue weighted by molar-refractivity contribution is 0.863. The topological polar surface area (TPSA) is 0 Å². The van der Waals surface area contributed by atoms with Crippen molar-refractivity contribution in [2.75, 3.05) is 0 Å². The smallest absolute Gasteiger partial charge is 0.0443 e. The fourth-order valence-electron chi connectivity index (χ4n) is 2.18. The third-order valence-electron chi connectivity index (χ3n) is 3.28. The molecule has 19 heavy (non-hydrogen) atoms. The minimum Gasteiger partial charge on any atom is -0.0843 e. The van der Waals surface area contributed by atoms with E-state index in [0.29, 0.717) is 5.92 Å². The van der Waals surface area contributed by atoms with Crippen LogP contribution in [-0.2, 0) is 12.8 Å². The van der Waals surface area contributed by atoms with Crippen molar-refractivity contribution in [3.05, 3.63) is 69.2 Å². The van der Waals surface area contributed by atoms with Gasteiger partial charge in [0.25, 0.3) is 0 Å². The summed E-state index contributed by atoms with van der Waals surface area (Å²) in [7, 11) is 0. The fourth-order valence-corrected chi connectivity index (χ4v) is 2.81. The molecule has 0 atom stereocenters. The number of rotatable bonds is 4. The van der Waals surface area contributed by atoms with Gasteiger partial charge in [-0.15, -0.1) is 0 Å². The molecule has 0 bridgehead atoms. The summed E-state index contributed by atoms with van der Waals surface area (Å²) in [6, 6.07) is 14.4. The highest BCUT2D eigenvalue weighted by molar-refractivity contribution is 6.31. The van der Waals surface area contributed by atoms with Crippen LogP contribution >= 0.6 is 23.2 Å². The molecular formula is C17H18Cl2. The van der Waals surface area contributed by atoms with Crippen molar-refractivity contribution < 1.29 is 0 Å². The molecule has 100 valence electrons. The van der Waals surface area contributed by atoms with E-state index in [4.69, 9.17) is 23.2 Å². The zero-order chi connectivity index (χ0) is 13.8. The number of hydrogen-bond donors (Lipinski definition) is 0. The van der Waals surface area contributed by atoms with Crippen LogP contribution < -0.4 is 0 Å². The third kappa shape index (κ3) is 3.99. The molecule has 0 unspecified atom stereocenters. The van der Waals surface area contributed by atoms with Crippen molar-refractivity contribution in [2.24, 2.45) is 0 Å². The van der Waals surface area contributed by atoms with Crippen LogP contribution in [0.5, 0.6) is 0 Å². The second kappa shape index (κ2) is 6.45. The third-order valence-corrected chi connectivity index (χ3v) is 3.84. The summed E-state index contributed by atoms with van der Waals surface area (Å²) >= 11 is 12.3. The number of benzene rings is 2. The normalized spacial score (nSPS) is 11.0. The highest BCUT2D eigenvalue weighted by atomic mass is 35.5. The van der Waals surface area contributed by atoms with E-state index in [1.54, 1.807) is 0 Å². The molecular weight excluding hydrogens is 275 g/mol. The minimum absolute atomic E-state index is 0.467. The van der Waals surface area contributed by atoms with Gasteiger partial charge < -0.3 is 0 Å². The van der Waals surface area contributed by atoms with Gasteiger partial charge in [-0.2, -0.15) is 0 Å². The highest BCUT2D eigenvalue weighted by Gasteiger charge is 2.06. The molecule has 0 saturated heterocycles. The van der Waals surface area contributed by atoms with Crippen LogP contribution in [0.4, 0.5) is 0 Å². The van der Waals surface area contributed by atoms with Gasteiger partial charge in [0, 0.05) is 10.0 Å². The van der Waals surface area contributed by atoms with Crippen molar-refractivity contribution in [1.29, 1.82) is 0 Å². The first kappa shape index (κ1) is 14.4. The molecule has 0 fully saturated rings. The van der Waals surface area contributed by atoms with E-state index in [9.17, 15) is 0 Å². The lowest BCUT2D eigenvalue weighted by atomic mass is 9.99. The van der Waals surface area contributed by atoms with Crippen LogP contribution in [-0.4, -0.2) is 0 Å². The van der Waals surface area contributed by atoms with E-state index in [2.05, 4.69) is 38.1 Å². The van der Waals surface area contributed by atoms with Crippen LogP contribution in [0.2, 0.25) is 10.0 Å². The Bertz CT molecular complexity index is 559. The van der Waals surface area contributed by atoms with Crippen LogP contribution in [0.1, 0.15) is 36.5 Å². The quantitative estimate of drug-likeness (QED) is 0.658. The van der Waals surface area contributed by atoms with Crippen LogP contribution in [0.25, 0.3) is 0 Å². The Morgan fingerprint density at radius 2 is 1.58 bits per heavy atom. The fraction of sp³-hybridized carbons (Fsp3) is 0.294. The Labute approximate surface area is 125 Å². The van der Waals surface area contributed by atoms with Gasteiger partial charge in [0.15, 0.2) is 0 Å². The number of halogens is 2. The van der Waals surface area contributed by atoms with E-state index in [1.165, 1.54) is 16.7 Å². The molecule has 0 N–H and O–H groups in total. The molecule has 0 amide bonds. The Hall–Kier alpha value is -0.980. The molecule has 0 spiro atoms. The van der Waals surface area contributed by atoms with E-state index >= 15 is 0 Å². The van der Waals surface area contributed by atoms with Gasteiger partial charge in [-0.1, -0.05) is 61.3 Å². The molecule has 0 heterocycles. The lowest BCUT2D eigenvalue weighted by Crippen LogP contribution is -1.94. The summed E-state index contributed by atoms with van der Waals surface area (Å²) in [5, 5.41) is 1.67. The van der Waals surface area contributed by atoms with Crippen molar-refractivity contribution >= 4 is 23.2 Å². The summed E-state index contributed by atoms with van der Waals surface area (Å²) in [4.78, 5) is 0. The van der Waals surface area contributed by atoms with E-state index in [-0.39, 0.29) is 0 Å². The standard InChI is InChI=1S/C17H18Cl2/c1-12(2)16-9-8-14(11-17(16)19)7-6-13-4-3-5-15(18)10-13/h3-5,8-12H,6-7H2,1-2H3. The molecule has 2 heteroatoms. The predicted octanol–water partition coefficient (Wildman–Crippen LogP) is 5.90. The Balaban J connectivity index is 2.06. The maximum atomic E-state index is 6.31. The molecule has 0 saturated carbocycles. The SMILES string of the molecule is CC(C)c1ccc(CCc2cccc(Cl)c2)cc1Cl. The van der Waals surface area contributed by atoms with Gasteiger partial charge in [0.1, 0.15) is 0 Å². The van der Waals surface area contributed by atoms with Gasteiger partial charge in [-0.3, -0.25) is 0 Å². The summed E-state index contributed by atoms with van der Waals surface area (Å²) in [6.45, 7) is 4.32. The monoisotopic (exact) mass is 292 g/mol. The average molecular weight is 293 g/mol. The van der Waals surface area contributed by atoms with Gasteiger partial charge in [0.05, 0.1) is 0 Å². The first-order valence-electron chi connectivity index (χ1n) is 6.59. The van der Waals surface area contributed by atoms with Crippen molar-refractivity contribution in [3.8, 4) is 0 Å². The van der Waals surface area contributed by atoms with E-state index in [0.717, 1.165) is 22.9 Å². The number of aryl methyl sites for hydroxylation is 2. The molecule has 0 radical (unpaired) electrons. The molecule has 2 rings (SSSR count). The largest absolute Gasteiger partial charge is 0.0843 e. The molecule has 2 aromatic rings. The van der Waals surface area contributed by atoms with Gasteiger partial charge in [0.2, 0.25) is 0 Å². The summed E-state index contributed by atoms with van der Waals surface area (Å²) in [5.41, 5.74) is 3.75. The number of hydrogen-bond acceptors (Lipinski definition) is 0. The van der Waals surface area contributed by atoms with Crippen molar-refractivity contribution in [3.63, 3.8) is 0 Å². The molecule has 0 aliphatic heterocycles. The van der Waals surface area contributed by atoms with Crippen molar-refractivity contribution in [2.45, 2.75) is 32.6 Å². The zero-order valence-electron chi connectivity index (χ0n) is 11.3. The van der Waals surface area contributed by atoms with Gasteiger partial charge in [-0.25, -0.2) is 0 Å².